The molecule has 5 heteroatoms. The monoisotopic (exact) mass is 397 g/mol. The maximum Gasteiger partial charge on any atom is 0.121 e. The Morgan fingerprint density at radius 2 is 1.90 bits per heavy atom. The molecule has 0 aliphatic heterocycles. The second-order valence-electron chi connectivity index (χ2n) is 8.09. The standard InChI is InChI=1S/C25H27N5/c26-15-18-6-3-7-19(14-18)16-30(17-24-28-21-10-1-2-11-22(21)29-24)23-12-4-8-20-9-5-13-27-25(20)23/h1-3,5-7,9-11,13-14,23H,4,8,12,15-17,26H2,(H,28,29). The van der Waals surface area contributed by atoms with Gasteiger partial charge in [-0.05, 0) is 54.2 Å². The van der Waals surface area contributed by atoms with Gasteiger partial charge in [-0.3, -0.25) is 9.88 Å². The first-order valence-corrected chi connectivity index (χ1v) is 10.7. The highest BCUT2D eigenvalue weighted by Gasteiger charge is 2.28. The summed E-state index contributed by atoms with van der Waals surface area (Å²) in [6.07, 6.45) is 5.33. The minimum absolute atomic E-state index is 0.282. The van der Waals surface area contributed by atoms with Crippen LogP contribution in [-0.2, 0) is 26.1 Å². The number of rotatable bonds is 6. The van der Waals surface area contributed by atoms with E-state index in [1.165, 1.54) is 28.8 Å². The van der Waals surface area contributed by atoms with E-state index >= 15 is 0 Å². The second-order valence-corrected chi connectivity index (χ2v) is 8.09. The van der Waals surface area contributed by atoms with Crippen LogP contribution in [0.3, 0.4) is 0 Å². The van der Waals surface area contributed by atoms with Gasteiger partial charge in [0.25, 0.3) is 0 Å². The van der Waals surface area contributed by atoms with Crippen molar-refractivity contribution in [1.82, 2.24) is 19.9 Å². The molecule has 2 aromatic heterocycles. The van der Waals surface area contributed by atoms with Crippen molar-refractivity contribution < 1.29 is 0 Å². The average Bonchev–Trinajstić information content (AvgIpc) is 3.21. The zero-order valence-electron chi connectivity index (χ0n) is 17.1. The molecule has 0 saturated heterocycles. The lowest BCUT2D eigenvalue weighted by Gasteiger charge is -2.34. The number of pyridine rings is 1. The van der Waals surface area contributed by atoms with E-state index in [2.05, 4.69) is 58.4 Å². The van der Waals surface area contributed by atoms with Gasteiger partial charge in [0.05, 0.1) is 29.3 Å². The van der Waals surface area contributed by atoms with Crippen LogP contribution in [0.25, 0.3) is 11.0 Å². The topological polar surface area (TPSA) is 70.8 Å². The third kappa shape index (κ3) is 3.86. The lowest BCUT2D eigenvalue weighted by molar-refractivity contribution is 0.153. The van der Waals surface area contributed by atoms with Crippen molar-refractivity contribution in [3.8, 4) is 0 Å². The van der Waals surface area contributed by atoms with Crippen molar-refractivity contribution in [3.05, 3.63) is 95.1 Å². The summed E-state index contributed by atoms with van der Waals surface area (Å²) in [6.45, 7) is 2.15. The Labute approximate surface area is 177 Å². The normalized spacial score (nSPS) is 16.1. The fraction of sp³-hybridized carbons (Fsp3) is 0.280. The predicted molar refractivity (Wildman–Crippen MR) is 120 cm³/mol. The number of aromatic nitrogens is 3. The number of hydrogen-bond donors (Lipinski definition) is 2. The molecular weight excluding hydrogens is 370 g/mol. The molecule has 152 valence electrons. The number of benzene rings is 2. The highest BCUT2D eigenvalue weighted by molar-refractivity contribution is 5.74. The van der Waals surface area contributed by atoms with Crippen LogP contribution < -0.4 is 5.73 Å². The van der Waals surface area contributed by atoms with E-state index in [4.69, 9.17) is 15.7 Å². The summed E-state index contributed by atoms with van der Waals surface area (Å²) in [7, 11) is 0. The zero-order chi connectivity index (χ0) is 20.3. The Bertz CT molecular complexity index is 1120. The number of H-pyrrole nitrogens is 1. The van der Waals surface area contributed by atoms with Gasteiger partial charge in [-0.15, -0.1) is 0 Å². The largest absolute Gasteiger partial charge is 0.341 e. The van der Waals surface area contributed by atoms with Crippen molar-refractivity contribution in [2.45, 2.75) is 44.9 Å². The molecule has 5 nitrogen and oxygen atoms in total. The lowest BCUT2D eigenvalue weighted by Crippen LogP contribution is -2.31. The maximum absolute atomic E-state index is 5.88. The van der Waals surface area contributed by atoms with E-state index in [1.54, 1.807) is 0 Å². The van der Waals surface area contributed by atoms with Gasteiger partial charge in [-0.25, -0.2) is 4.98 Å². The number of aryl methyl sites for hydroxylation is 1. The smallest absolute Gasteiger partial charge is 0.121 e. The van der Waals surface area contributed by atoms with Gasteiger partial charge in [0.2, 0.25) is 0 Å². The van der Waals surface area contributed by atoms with Crippen LogP contribution in [0.2, 0.25) is 0 Å². The molecule has 0 amide bonds. The molecule has 4 aromatic rings. The van der Waals surface area contributed by atoms with Gasteiger partial charge in [-0.1, -0.05) is 42.5 Å². The highest BCUT2D eigenvalue weighted by Crippen LogP contribution is 2.34. The molecule has 0 saturated carbocycles. The van der Waals surface area contributed by atoms with Gasteiger partial charge < -0.3 is 10.7 Å². The molecule has 30 heavy (non-hydrogen) atoms. The van der Waals surface area contributed by atoms with Crippen LogP contribution in [0.15, 0.2) is 66.9 Å². The quantitative estimate of drug-likeness (QED) is 0.503. The fourth-order valence-electron chi connectivity index (χ4n) is 4.58. The first-order valence-electron chi connectivity index (χ1n) is 10.7. The summed E-state index contributed by atoms with van der Waals surface area (Å²) in [6, 6.07) is 21.4. The van der Waals surface area contributed by atoms with Crippen molar-refractivity contribution in [2.24, 2.45) is 5.73 Å². The summed E-state index contributed by atoms with van der Waals surface area (Å²) < 4.78 is 0. The highest BCUT2D eigenvalue weighted by atomic mass is 15.2. The molecule has 1 aliphatic carbocycles. The molecule has 0 bridgehead atoms. The molecule has 1 unspecified atom stereocenters. The van der Waals surface area contributed by atoms with Crippen LogP contribution in [0.5, 0.6) is 0 Å². The third-order valence-electron chi connectivity index (χ3n) is 6.01. The molecule has 1 aliphatic rings. The van der Waals surface area contributed by atoms with E-state index in [1.807, 2.05) is 18.3 Å². The molecule has 2 aromatic carbocycles. The summed E-state index contributed by atoms with van der Waals surface area (Å²) in [5, 5.41) is 0. The Morgan fingerprint density at radius 1 is 1.00 bits per heavy atom. The van der Waals surface area contributed by atoms with Crippen LogP contribution in [0.4, 0.5) is 0 Å². The molecule has 0 fully saturated rings. The molecule has 3 N–H and O–H groups in total. The summed E-state index contributed by atoms with van der Waals surface area (Å²) in [5.74, 6) is 0.995. The van der Waals surface area contributed by atoms with E-state index in [0.29, 0.717) is 6.54 Å². The predicted octanol–water partition coefficient (Wildman–Crippen LogP) is 4.50. The van der Waals surface area contributed by atoms with Gasteiger partial charge in [0.1, 0.15) is 5.82 Å². The number of para-hydroxylation sites is 2. The van der Waals surface area contributed by atoms with Gasteiger partial charge in [0, 0.05) is 19.3 Å². The molecular formula is C25H27N5. The van der Waals surface area contributed by atoms with Crippen LogP contribution in [0, 0.1) is 0 Å². The number of aromatic amines is 1. The van der Waals surface area contributed by atoms with Crippen LogP contribution in [0.1, 0.15) is 47.1 Å². The van der Waals surface area contributed by atoms with Gasteiger partial charge >= 0.3 is 0 Å². The van der Waals surface area contributed by atoms with E-state index in [0.717, 1.165) is 42.8 Å². The Kier molecular flexibility index (Phi) is 5.30. The first kappa shape index (κ1) is 19.0. The van der Waals surface area contributed by atoms with E-state index < -0.39 is 0 Å². The van der Waals surface area contributed by atoms with E-state index in [-0.39, 0.29) is 6.04 Å². The summed E-state index contributed by atoms with van der Waals surface area (Å²) in [4.78, 5) is 15.6. The minimum atomic E-state index is 0.282. The van der Waals surface area contributed by atoms with Crippen molar-refractivity contribution in [3.63, 3.8) is 0 Å². The number of nitrogens with zero attached hydrogens (tertiary/aromatic N) is 3. The minimum Gasteiger partial charge on any atom is -0.341 e. The third-order valence-corrected chi connectivity index (χ3v) is 6.01. The van der Waals surface area contributed by atoms with Crippen molar-refractivity contribution in [2.75, 3.05) is 0 Å². The molecule has 2 heterocycles. The number of nitrogens with one attached hydrogen (secondary N) is 1. The number of fused-ring (bicyclic) bond motifs is 2. The fourth-order valence-corrected chi connectivity index (χ4v) is 4.58. The second kappa shape index (κ2) is 8.38. The lowest BCUT2D eigenvalue weighted by atomic mass is 9.90. The van der Waals surface area contributed by atoms with Gasteiger partial charge in [-0.2, -0.15) is 0 Å². The Balaban J connectivity index is 1.50. The van der Waals surface area contributed by atoms with E-state index in [9.17, 15) is 0 Å². The number of hydrogen-bond acceptors (Lipinski definition) is 4. The average molecular weight is 398 g/mol. The Morgan fingerprint density at radius 3 is 2.80 bits per heavy atom. The summed E-state index contributed by atoms with van der Waals surface area (Å²) >= 11 is 0. The molecule has 0 radical (unpaired) electrons. The zero-order valence-corrected chi connectivity index (χ0v) is 17.1. The summed E-state index contributed by atoms with van der Waals surface area (Å²) in [5.41, 5.74) is 13.0. The van der Waals surface area contributed by atoms with Crippen molar-refractivity contribution in [1.29, 1.82) is 0 Å². The van der Waals surface area contributed by atoms with Gasteiger partial charge in [0.15, 0.2) is 0 Å². The molecule has 1 atom stereocenters. The maximum atomic E-state index is 5.88. The molecule has 0 spiro atoms. The first-order chi connectivity index (χ1) is 14.8. The number of imidazole rings is 1. The number of nitrogens with two attached hydrogens (primary N) is 1. The molecule has 5 rings (SSSR count). The van der Waals surface area contributed by atoms with Crippen molar-refractivity contribution >= 4 is 11.0 Å². The van der Waals surface area contributed by atoms with Crippen LogP contribution >= 0.6 is 0 Å². The SMILES string of the molecule is NCc1cccc(CN(Cc2nc3ccccc3[nH]2)C2CCCc3cccnc32)c1. The van der Waals surface area contributed by atoms with Crippen LogP contribution in [-0.4, -0.2) is 19.9 Å². The Hall–Kier alpha value is -3.02.